The van der Waals surface area contributed by atoms with E-state index in [1.165, 1.54) is 70.6 Å². The summed E-state index contributed by atoms with van der Waals surface area (Å²) in [5, 5.41) is 5.82. The fraction of sp³-hybridized carbons (Fsp3) is 0.909. The summed E-state index contributed by atoms with van der Waals surface area (Å²) in [6.45, 7) is 5.91. The number of unbranched alkanes of at least 4 members (excludes halogenated alkanes) is 12. The van der Waals surface area contributed by atoms with E-state index in [-0.39, 0.29) is 11.8 Å². The van der Waals surface area contributed by atoms with E-state index in [4.69, 9.17) is 0 Å². The Bertz CT molecular complexity index is 332. The number of hydrogen-bond donors (Lipinski definition) is 2. The topological polar surface area (TPSA) is 58.2 Å². The molecule has 0 radical (unpaired) electrons. The predicted molar refractivity (Wildman–Crippen MR) is 111 cm³/mol. The molecule has 0 aromatic rings. The molecule has 0 aromatic heterocycles. The van der Waals surface area contributed by atoms with Gasteiger partial charge in [-0.3, -0.25) is 9.59 Å². The molecule has 0 aliphatic heterocycles. The highest BCUT2D eigenvalue weighted by Gasteiger charge is 2.05. The van der Waals surface area contributed by atoms with Gasteiger partial charge in [0.05, 0.1) is 0 Å². The predicted octanol–water partition coefficient (Wildman–Crippen LogP) is 5.50. The van der Waals surface area contributed by atoms with E-state index in [9.17, 15) is 9.59 Å². The van der Waals surface area contributed by atoms with Gasteiger partial charge < -0.3 is 10.6 Å². The molecule has 0 spiro atoms. The fourth-order valence-electron chi connectivity index (χ4n) is 3.02. The second kappa shape index (κ2) is 20.3. The number of carbonyl (C=O) groups excluding carboxylic acids is 2. The van der Waals surface area contributed by atoms with Crippen LogP contribution in [0.5, 0.6) is 0 Å². The maximum absolute atomic E-state index is 11.7. The molecule has 0 saturated heterocycles. The van der Waals surface area contributed by atoms with Gasteiger partial charge in [0.2, 0.25) is 11.8 Å². The standard InChI is InChI=1S/C22H44N2O2/c1-3-5-7-9-10-11-12-13-14-16-20-24-22(26)18-17-21(25)23-19-15-8-6-4-2/h3-20H2,1-2H3,(H,23,25)(H,24,26). The minimum absolute atomic E-state index is 0.00190. The van der Waals surface area contributed by atoms with Crippen LogP contribution in [0.3, 0.4) is 0 Å². The second-order valence-electron chi connectivity index (χ2n) is 7.44. The van der Waals surface area contributed by atoms with Crippen LogP contribution in [0.15, 0.2) is 0 Å². The molecular weight excluding hydrogens is 324 g/mol. The minimum Gasteiger partial charge on any atom is -0.356 e. The molecule has 0 bridgehead atoms. The zero-order valence-corrected chi connectivity index (χ0v) is 17.5. The molecule has 0 saturated carbocycles. The molecule has 0 unspecified atom stereocenters. The molecule has 4 heteroatoms. The van der Waals surface area contributed by atoms with E-state index in [2.05, 4.69) is 24.5 Å². The molecule has 0 atom stereocenters. The number of carbonyl (C=O) groups is 2. The molecule has 4 nitrogen and oxygen atoms in total. The van der Waals surface area contributed by atoms with Crippen LogP contribution in [0.25, 0.3) is 0 Å². The van der Waals surface area contributed by atoms with E-state index in [0.717, 1.165) is 32.4 Å². The lowest BCUT2D eigenvalue weighted by atomic mass is 10.1. The van der Waals surface area contributed by atoms with Gasteiger partial charge >= 0.3 is 0 Å². The fourth-order valence-corrected chi connectivity index (χ4v) is 3.02. The quantitative estimate of drug-likeness (QED) is 0.296. The van der Waals surface area contributed by atoms with Crippen LogP contribution in [0.4, 0.5) is 0 Å². The van der Waals surface area contributed by atoms with Crippen LogP contribution in [0.1, 0.15) is 117 Å². The second-order valence-corrected chi connectivity index (χ2v) is 7.44. The molecule has 2 amide bonds. The van der Waals surface area contributed by atoms with Gasteiger partial charge in [0, 0.05) is 25.9 Å². The third-order valence-electron chi connectivity index (χ3n) is 4.78. The molecule has 0 aromatic carbocycles. The summed E-state index contributed by atoms with van der Waals surface area (Å²) in [7, 11) is 0. The van der Waals surface area contributed by atoms with E-state index in [1.807, 2.05) is 0 Å². The first kappa shape index (κ1) is 24.9. The first-order chi connectivity index (χ1) is 12.7. The molecule has 0 aliphatic rings. The number of nitrogens with one attached hydrogen (secondary N) is 2. The van der Waals surface area contributed by atoms with Gasteiger partial charge in [0.1, 0.15) is 0 Å². The number of rotatable bonds is 19. The van der Waals surface area contributed by atoms with Crippen molar-refractivity contribution in [3.05, 3.63) is 0 Å². The molecule has 0 aliphatic carbocycles. The SMILES string of the molecule is CCCCCCCCCCCCNC(=O)CCC(=O)NCCCCCC. The van der Waals surface area contributed by atoms with Crippen molar-refractivity contribution >= 4 is 11.8 Å². The van der Waals surface area contributed by atoms with Crippen molar-refractivity contribution in [3.63, 3.8) is 0 Å². The first-order valence-electron chi connectivity index (χ1n) is 11.2. The molecule has 154 valence electrons. The summed E-state index contributed by atoms with van der Waals surface area (Å²) >= 11 is 0. The molecule has 2 N–H and O–H groups in total. The Morgan fingerprint density at radius 2 is 0.808 bits per heavy atom. The van der Waals surface area contributed by atoms with Gasteiger partial charge in [-0.25, -0.2) is 0 Å². The van der Waals surface area contributed by atoms with Gasteiger partial charge in [-0.15, -0.1) is 0 Å². The Balaban J connectivity index is 3.29. The van der Waals surface area contributed by atoms with Crippen LogP contribution in [-0.4, -0.2) is 24.9 Å². The van der Waals surface area contributed by atoms with E-state index >= 15 is 0 Å². The Morgan fingerprint density at radius 3 is 1.19 bits per heavy atom. The third-order valence-corrected chi connectivity index (χ3v) is 4.78. The highest BCUT2D eigenvalue weighted by molar-refractivity contribution is 5.83. The minimum atomic E-state index is -0.00409. The van der Waals surface area contributed by atoms with Crippen molar-refractivity contribution in [1.82, 2.24) is 10.6 Å². The van der Waals surface area contributed by atoms with Crippen molar-refractivity contribution in [2.24, 2.45) is 0 Å². The Morgan fingerprint density at radius 1 is 0.500 bits per heavy atom. The molecular formula is C22H44N2O2. The summed E-state index contributed by atoms with van der Waals surface area (Å²) in [6.07, 6.45) is 18.2. The summed E-state index contributed by atoms with van der Waals surface area (Å²) in [5.41, 5.74) is 0. The molecule has 26 heavy (non-hydrogen) atoms. The highest BCUT2D eigenvalue weighted by atomic mass is 16.2. The maximum Gasteiger partial charge on any atom is 0.220 e. The van der Waals surface area contributed by atoms with Crippen LogP contribution in [0, 0.1) is 0 Å². The summed E-state index contributed by atoms with van der Waals surface area (Å²) in [4.78, 5) is 23.4. The Kier molecular flexibility index (Phi) is 19.4. The summed E-state index contributed by atoms with van der Waals surface area (Å²) < 4.78 is 0. The van der Waals surface area contributed by atoms with Gasteiger partial charge in [-0.05, 0) is 12.8 Å². The van der Waals surface area contributed by atoms with Crippen molar-refractivity contribution < 1.29 is 9.59 Å². The van der Waals surface area contributed by atoms with Crippen molar-refractivity contribution in [2.45, 2.75) is 117 Å². The van der Waals surface area contributed by atoms with Crippen molar-refractivity contribution in [1.29, 1.82) is 0 Å². The maximum atomic E-state index is 11.7. The zero-order chi connectivity index (χ0) is 19.3. The van der Waals surface area contributed by atoms with Crippen LogP contribution in [0.2, 0.25) is 0 Å². The van der Waals surface area contributed by atoms with E-state index in [0.29, 0.717) is 12.8 Å². The molecule has 0 rings (SSSR count). The monoisotopic (exact) mass is 368 g/mol. The van der Waals surface area contributed by atoms with Gasteiger partial charge in [0.25, 0.3) is 0 Å². The van der Waals surface area contributed by atoms with Crippen LogP contribution >= 0.6 is 0 Å². The van der Waals surface area contributed by atoms with Gasteiger partial charge in [-0.1, -0.05) is 90.9 Å². The highest BCUT2D eigenvalue weighted by Crippen LogP contribution is 2.10. The Labute approximate surface area is 162 Å². The lowest BCUT2D eigenvalue weighted by Crippen LogP contribution is -2.28. The lowest BCUT2D eigenvalue weighted by molar-refractivity contribution is -0.126. The normalized spacial score (nSPS) is 10.7. The third kappa shape index (κ3) is 19.3. The lowest BCUT2D eigenvalue weighted by Gasteiger charge is -2.07. The first-order valence-corrected chi connectivity index (χ1v) is 11.2. The molecule has 0 fully saturated rings. The van der Waals surface area contributed by atoms with E-state index < -0.39 is 0 Å². The largest absolute Gasteiger partial charge is 0.356 e. The van der Waals surface area contributed by atoms with Crippen LogP contribution in [-0.2, 0) is 9.59 Å². The Hall–Kier alpha value is -1.06. The van der Waals surface area contributed by atoms with Gasteiger partial charge in [-0.2, -0.15) is 0 Å². The average molecular weight is 369 g/mol. The van der Waals surface area contributed by atoms with Crippen molar-refractivity contribution in [2.75, 3.05) is 13.1 Å². The van der Waals surface area contributed by atoms with E-state index in [1.54, 1.807) is 0 Å². The smallest absolute Gasteiger partial charge is 0.220 e. The summed E-state index contributed by atoms with van der Waals surface area (Å²) in [5.74, 6) is -0.00218. The average Bonchev–Trinajstić information content (AvgIpc) is 2.64. The molecule has 0 heterocycles. The number of hydrogen-bond acceptors (Lipinski definition) is 2. The van der Waals surface area contributed by atoms with Crippen LogP contribution < -0.4 is 10.6 Å². The number of amides is 2. The van der Waals surface area contributed by atoms with Crippen molar-refractivity contribution in [3.8, 4) is 0 Å². The summed E-state index contributed by atoms with van der Waals surface area (Å²) in [6, 6.07) is 0. The zero-order valence-electron chi connectivity index (χ0n) is 17.5. The van der Waals surface area contributed by atoms with Gasteiger partial charge in [0.15, 0.2) is 0 Å².